The Balaban J connectivity index is 1.40. The summed E-state index contributed by atoms with van der Waals surface area (Å²) in [5.74, 6) is 2.33. The van der Waals surface area contributed by atoms with Crippen LogP contribution in [-0.4, -0.2) is 46.2 Å². The molecule has 0 amide bonds. The van der Waals surface area contributed by atoms with Crippen molar-refractivity contribution in [2.75, 3.05) is 31.1 Å². The van der Waals surface area contributed by atoms with Gasteiger partial charge in [0.25, 0.3) is 0 Å². The van der Waals surface area contributed by atoms with Crippen molar-refractivity contribution in [2.45, 2.75) is 19.9 Å². The summed E-state index contributed by atoms with van der Waals surface area (Å²) in [5.41, 5.74) is 2.20. The number of halogens is 1. The summed E-state index contributed by atoms with van der Waals surface area (Å²) in [6.45, 7) is 7.91. The number of nitrogens with zero attached hydrogens (tertiary/aromatic N) is 5. The summed E-state index contributed by atoms with van der Waals surface area (Å²) >= 11 is 3.43. The van der Waals surface area contributed by atoms with Gasteiger partial charge in [-0.3, -0.25) is 4.90 Å². The summed E-state index contributed by atoms with van der Waals surface area (Å²) in [4.78, 5) is 13.8. The lowest BCUT2D eigenvalue weighted by atomic mass is 10.1. The highest BCUT2D eigenvalue weighted by Crippen LogP contribution is 2.25. The Morgan fingerprint density at radius 3 is 2.44 bits per heavy atom. The molecule has 2 aromatic heterocycles. The second-order valence-electron chi connectivity index (χ2n) is 6.86. The molecule has 1 unspecified atom stereocenters. The van der Waals surface area contributed by atoms with E-state index in [-0.39, 0.29) is 6.04 Å². The second-order valence-corrected chi connectivity index (χ2v) is 7.77. The number of rotatable bonds is 4. The summed E-state index contributed by atoms with van der Waals surface area (Å²) in [6, 6.07) is 12.3. The van der Waals surface area contributed by atoms with E-state index in [9.17, 15) is 0 Å². The van der Waals surface area contributed by atoms with E-state index in [1.807, 2.05) is 24.4 Å². The van der Waals surface area contributed by atoms with E-state index in [1.165, 1.54) is 5.56 Å². The van der Waals surface area contributed by atoms with Crippen molar-refractivity contribution in [1.29, 1.82) is 0 Å². The molecule has 4 rings (SSSR count). The van der Waals surface area contributed by atoms with Gasteiger partial charge in [0.15, 0.2) is 0 Å². The average molecular weight is 428 g/mol. The molecule has 3 heterocycles. The van der Waals surface area contributed by atoms with E-state index in [2.05, 4.69) is 72.9 Å². The molecule has 6 nitrogen and oxygen atoms in total. The van der Waals surface area contributed by atoms with Gasteiger partial charge in [-0.05, 0) is 41.9 Å². The molecular weight excluding hydrogens is 406 g/mol. The fourth-order valence-electron chi connectivity index (χ4n) is 3.27. The van der Waals surface area contributed by atoms with Crippen LogP contribution < -0.4 is 4.90 Å². The van der Waals surface area contributed by atoms with Gasteiger partial charge in [-0.1, -0.05) is 35.0 Å². The normalized spacial score (nSPS) is 16.5. The summed E-state index contributed by atoms with van der Waals surface area (Å²) in [6.07, 6.45) is 1.84. The van der Waals surface area contributed by atoms with E-state index in [0.29, 0.717) is 11.7 Å². The highest BCUT2D eigenvalue weighted by molar-refractivity contribution is 9.10. The first kappa shape index (κ1) is 18.1. The number of hydrogen-bond acceptors (Lipinski definition) is 6. The SMILES string of the molecule is Cc1ccc(-c2noc(C(C)N3CCN(c4ccc(Br)cn4)CC3)n2)cc1. The standard InChI is InChI=1S/C20H22BrN5O/c1-14-3-5-16(6-4-14)19-23-20(27-24-19)15(2)25-9-11-26(12-10-25)18-8-7-17(21)13-22-18/h3-8,13,15H,9-12H2,1-2H3. The number of pyridine rings is 1. The fraction of sp³-hybridized carbons (Fsp3) is 0.350. The molecule has 1 aliphatic heterocycles. The van der Waals surface area contributed by atoms with Crippen molar-refractivity contribution in [3.05, 3.63) is 58.5 Å². The van der Waals surface area contributed by atoms with Gasteiger partial charge in [-0.2, -0.15) is 4.98 Å². The van der Waals surface area contributed by atoms with E-state index >= 15 is 0 Å². The van der Waals surface area contributed by atoms with Gasteiger partial charge in [-0.15, -0.1) is 0 Å². The van der Waals surface area contributed by atoms with Crippen molar-refractivity contribution < 1.29 is 4.52 Å². The fourth-order valence-corrected chi connectivity index (χ4v) is 3.51. The minimum absolute atomic E-state index is 0.0942. The zero-order valence-corrected chi connectivity index (χ0v) is 17.1. The van der Waals surface area contributed by atoms with E-state index in [0.717, 1.165) is 42.0 Å². The first-order valence-electron chi connectivity index (χ1n) is 9.11. The first-order chi connectivity index (χ1) is 13.1. The third-order valence-electron chi connectivity index (χ3n) is 5.01. The molecular formula is C20H22BrN5O. The lowest BCUT2D eigenvalue weighted by Gasteiger charge is -2.37. The Hall–Kier alpha value is -2.25. The second kappa shape index (κ2) is 7.78. The maximum absolute atomic E-state index is 5.56. The summed E-state index contributed by atoms with van der Waals surface area (Å²) < 4.78 is 6.55. The number of benzene rings is 1. The predicted molar refractivity (Wildman–Crippen MR) is 109 cm³/mol. The van der Waals surface area contributed by atoms with Gasteiger partial charge in [-0.25, -0.2) is 4.98 Å². The number of anilines is 1. The van der Waals surface area contributed by atoms with Crippen LogP contribution in [0.3, 0.4) is 0 Å². The number of aromatic nitrogens is 3. The van der Waals surface area contributed by atoms with Crippen LogP contribution in [0.15, 0.2) is 51.6 Å². The molecule has 0 spiro atoms. The van der Waals surface area contributed by atoms with Gasteiger partial charge >= 0.3 is 0 Å². The number of piperazine rings is 1. The quantitative estimate of drug-likeness (QED) is 0.624. The van der Waals surface area contributed by atoms with Crippen LogP contribution in [0.5, 0.6) is 0 Å². The molecule has 0 radical (unpaired) electrons. The minimum Gasteiger partial charge on any atom is -0.354 e. The van der Waals surface area contributed by atoms with Gasteiger partial charge in [0.2, 0.25) is 11.7 Å². The van der Waals surface area contributed by atoms with Crippen molar-refractivity contribution in [2.24, 2.45) is 0 Å². The highest BCUT2D eigenvalue weighted by Gasteiger charge is 2.26. The largest absolute Gasteiger partial charge is 0.354 e. The van der Waals surface area contributed by atoms with Crippen molar-refractivity contribution in [1.82, 2.24) is 20.0 Å². The van der Waals surface area contributed by atoms with E-state index < -0.39 is 0 Å². The van der Waals surface area contributed by atoms with Crippen LogP contribution in [0, 0.1) is 6.92 Å². The third-order valence-corrected chi connectivity index (χ3v) is 5.48. The van der Waals surface area contributed by atoms with Gasteiger partial charge in [0.1, 0.15) is 5.82 Å². The molecule has 27 heavy (non-hydrogen) atoms. The Kier molecular flexibility index (Phi) is 5.22. The lowest BCUT2D eigenvalue weighted by Crippen LogP contribution is -2.47. The number of aryl methyl sites for hydroxylation is 1. The van der Waals surface area contributed by atoms with Crippen LogP contribution in [0.1, 0.15) is 24.4 Å². The van der Waals surface area contributed by atoms with Crippen LogP contribution in [0.25, 0.3) is 11.4 Å². The summed E-state index contributed by atoms with van der Waals surface area (Å²) in [7, 11) is 0. The topological polar surface area (TPSA) is 58.3 Å². The molecule has 1 saturated heterocycles. The maximum Gasteiger partial charge on any atom is 0.244 e. The average Bonchev–Trinajstić information content (AvgIpc) is 3.19. The third kappa shape index (κ3) is 4.04. The van der Waals surface area contributed by atoms with Crippen LogP contribution in [0.4, 0.5) is 5.82 Å². The molecule has 0 bridgehead atoms. The molecule has 0 N–H and O–H groups in total. The van der Waals surface area contributed by atoms with Crippen LogP contribution >= 0.6 is 15.9 Å². The molecule has 7 heteroatoms. The van der Waals surface area contributed by atoms with Crippen molar-refractivity contribution >= 4 is 21.7 Å². The Bertz CT molecular complexity index is 885. The molecule has 0 saturated carbocycles. The monoisotopic (exact) mass is 427 g/mol. The minimum atomic E-state index is 0.0942. The van der Waals surface area contributed by atoms with Crippen molar-refractivity contribution in [3.63, 3.8) is 0 Å². The predicted octanol–water partition coefficient (Wildman–Crippen LogP) is 4.09. The molecule has 1 atom stereocenters. The summed E-state index contributed by atoms with van der Waals surface area (Å²) in [5, 5.41) is 4.17. The van der Waals surface area contributed by atoms with Gasteiger partial charge in [0, 0.05) is 42.4 Å². The van der Waals surface area contributed by atoms with E-state index in [1.54, 1.807) is 0 Å². The zero-order chi connectivity index (χ0) is 18.8. The zero-order valence-electron chi connectivity index (χ0n) is 15.5. The maximum atomic E-state index is 5.56. The highest BCUT2D eigenvalue weighted by atomic mass is 79.9. The molecule has 1 aromatic carbocycles. The Morgan fingerprint density at radius 2 is 1.78 bits per heavy atom. The lowest BCUT2D eigenvalue weighted by molar-refractivity contribution is 0.164. The molecule has 3 aromatic rings. The molecule has 1 aliphatic rings. The molecule has 1 fully saturated rings. The van der Waals surface area contributed by atoms with E-state index in [4.69, 9.17) is 4.52 Å². The Morgan fingerprint density at radius 1 is 1.04 bits per heavy atom. The molecule has 140 valence electrons. The van der Waals surface area contributed by atoms with Crippen LogP contribution in [0.2, 0.25) is 0 Å². The van der Waals surface area contributed by atoms with Gasteiger partial charge in [0.05, 0.1) is 6.04 Å². The smallest absolute Gasteiger partial charge is 0.244 e. The molecule has 0 aliphatic carbocycles. The first-order valence-corrected chi connectivity index (χ1v) is 9.90. The van der Waals surface area contributed by atoms with Crippen LogP contribution in [-0.2, 0) is 0 Å². The van der Waals surface area contributed by atoms with Gasteiger partial charge < -0.3 is 9.42 Å². The Labute approximate surface area is 167 Å². The van der Waals surface area contributed by atoms with Crippen molar-refractivity contribution in [3.8, 4) is 11.4 Å². The number of hydrogen-bond donors (Lipinski definition) is 0.